The van der Waals surface area contributed by atoms with E-state index in [0.29, 0.717) is 5.56 Å². The van der Waals surface area contributed by atoms with Crippen molar-refractivity contribution in [3.05, 3.63) is 520 Å². The minimum absolute atomic E-state index is 0. The monoisotopic (exact) mass is 1890 g/mol. The largest absolute Gasteiger partial charge is 0.545 e. The molecule has 0 unspecified atom stereocenters. The zero-order valence-corrected chi connectivity index (χ0v) is 86.3. The first-order valence-electron chi connectivity index (χ1n) is 48.9. The highest BCUT2D eigenvalue weighted by Gasteiger charge is 2.22. The number of hydrogen-bond donors (Lipinski definition) is 3. The number of benzene rings is 18. The van der Waals surface area contributed by atoms with Gasteiger partial charge in [-0.15, -0.1) is 0 Å². The van der Waals surface area contributed by atoms with Crippen molar-refractivity contribution in [2.75, 3.05) is 115 Å². The molecule has 0 fully saturated rings. The lowest BCUT2D eigenvalue weighted by molar-refractivity contribution is -0.255. The van der Waals surface area contributed by atoms with Gasteiger partial charge in [-0.25, -0.2) is 0 Å². The molecule has 730 valence electrons. The summed E-state index contributed by atoms with van der Waals surface area (Å²) in [5.74, 6) is -0.347. The average Bonchev–Trinajstić information content (AvgIpc) is 0.905. The molecule has 0 atom stereocenters. The molecule has 18 rings (SSSR count). The lowest BCUT2D eigenvalue weighted by Gasteiger charge is -2.25. The van der Waals surface area contributed by atoms with Gasteiger partial charge in [0, 0.05) is 151 Å². The fourth-order valence-electron chi connectivity index (χ4n) is 18.8. The van der Waals surface area contributed by atoms with Crippen LogP contribution in [0.4, 0.5) is 62.6 Å². The van der Waals surface area contributed by atoms with Crippen LogP contribution in [0.15, 0.2) is 400 Å². The summed E-state index contributed by atoms with van der Waals surface area (Å²) in [6.45, 7) is 40.5. The van der Waals surface area contributed by atoms with Crippen molar-refractivity contribution in [3.8, 4) is 5.75 Å². The van der Waals surface area contributed by atoms with E-state index in [1.807, 2.05) is 86.7 Å². The van der Waals surface area contributed by atoms with Crippen LogP contribution < -0.4 is 92.0 Å². The molecular formula is C133H136N8O3-4. The summed E-state index contributed by atoms with van der Waals surface area (Å²) in [6.07, 6.45) is 0. The van der Waals surface area contributed by atoms with E-state index in [1.54, 1.807) is 13.2 Å². The number of carboxylic acid groups (broad SMARTS) is 1. The van der Waals surface area contributed by atoms with Gasteiger partial charge in [0.15, 0.2) is 0 Å². The van der Waals surface area contributed by atoms with Crippen molar-refractivity contribution in [1.29, 1.82) is 0 Å². The summed E-state index contributed by atoms with van der Waals surface area (Å²) in [5, 5.41) is 38.3. The minimum Gasteiger partial charge on any atom is -0.545 e. The van der Waals surface area contributed by atoms with E-state index in [4.69, 9.17) is 4.74 Å². The average molecular weight is 1890 g/mol. The molecular weight excluding hydrogens is 1760 g/mol. The number of nitrogens with zero attached hydrogens (tertiary/aromatic N) is 5. The highest BCUT2D eigenvalue weighted by atomic mass is 16.5. The molecule has 0 saturated carbocycles. The number of ether oxygens (including phenoxy) is 1. The number of carboxylic acids is 1. The molecule has 0 radical (unpaired) electrons. The highest BCUT2D eigenvalue weighted by molar-refractivity contribution is 6.07. The normalized spacial score (nSPS) is 10.6. The Balaban J connectivity index is 0.000000171. The highest BCUT2D eigenvalue weighted by Crippen LogP contribution is 2.41. The molecule has 18 aromatic rings. The number of rotatable bonds is 28. The van der Waals surface area contributed by atoms with Gasteiger partial charge < -0.3 is 77.4 Å². The molecule has 0 bridgehead atoms. The maximum Gasteiger partial charge on any atom is 0.119 e. The molecule has 11 heteroatoms. The van der Waals surface area contributed by atoms with Crippen LogP contribution in [0.1, 0.15) is 109 Å². The summed E-state index contributed by atoms with van der Waals surface area (Å²) in [4.78, 5) is 23.3. The van der Waals surface area contributed by atoms with Gasteiger partial charge in [0.25, 0.3) is 0 Å². The number of para-hydroxylation sites is 2. The second kappa shape index (κ2) is 50.5. The van der Waals surface area contributed by atoms with Gasteiger partial charge in [-0.1, -0.05) is 299 Å². The molecule has 0 spiro atoms. The van der Waals surface area contributed by atoms with Crippen LogP contribution in [-0.4, -0.2) is 80.0 Å². The summed E-state index contributed by atoms with van der Waals surface area (Å²) in [5.41, 5.74) is 27.1. The Kier molecular flexibility index (Phi) is 37.2. The van der Waals surface area contributed by atoms with Gasteiger partial charge in [-0.05, 0) is 313 Å². The van der Waals surface area contributed by atoms with Gasteiger partial charge in [0.2, 0.25) is 0 Å². The molecule has 0 aliphatic rings. The molecule has 0 saturated heterocycles. The van der Waals surface area contributed by atoms with Crippen LogP contribution in [0.5, 0.6) is 5.75 Å². The molecule has 11 nitrogen and oxygen atoms in total. The predicted molar refractivity (Wildman–Crippen MR) is 623 cm³/mol. The Morgan fingerprint density at radius 2 is 0.618 bits per heavy atom. The maximum absolute atomic E-state index is 12.1. The first-order valence-corrected chi connectivity index (χ1v) is 48.9. The number of nitrogens with one attached hydrogen (secondary N) is 3. The zero-order chi connectivity index (χ0) is 99.0. The van der Waals surface area contributed by atoms with Crippen molar-refractivity contribution >= 4 is 149 Å². The molecule has 0 aromatic heterocycles. The molecule has 0 aliphatic carbocycles. The van der Waals surface area contributed by atoms with E-state index in [-0.39, 0.29) is 27.8 Å². The minimum atomic E-state index is -1.19. The van der Waals surface area contributed by atoms with Crippen LogP contribution in [0, 0.1) is 29.2 Å². The fraction of sp³-hybridized carbons (Fsp3) is 0.143. The molecule has 144 heavy (non-hydrogen) atoms. The fourth-order valence-corrected chi connectivity index (χ4v) is 18.8. The van der Waals surface area contributed by atoms with Crippen LogP contribution >= 0.6 is 0 Å². The van der Waals surface area contributed by atoms with E-state index in [9.17, 15) is 9.90 Å². The summed E-state index contributed by atoms with van der Waals surface area (Å²) in [7, 11) is 7.43. The lowest BCUT2D eigenvalue weighted by atomic mass is 9.88. The third-order valence-corrected chi connectivity index (χ3v) is 26.2. The number of aryl methyl sites for hydroxylation is 1. The summed E-state index contributed by atoms with van der Waals surface area (Å²) >= 11 is 0. The van der Waals surface area contributed by atoms with Gasteiger partial charge >= 0.3 is 0 Å². The number of hydrogen-bond acceptors (Lipinski definition) is 11. The smallest absolute Gasteiger partial charge is 0.119 e. The Hall–Kier alpha value is -16.6. The van der Waals surface area contributed by atoms with E-state index in [0.717, 1.165) is 134 Å². The summed E-state index contributed by atoms with van der Waals surface area (Å²) < 4.78 is 5.33. The van der Waals surface area contributed by atoms with Crippen LogP contribution in [0.25, 0.3) is 80.9 Å². The van der Waals surface area contributed by atoms with E-state index >= 15 is 0 Å². The first kappa shape index (κ1) is 106. The molecule has 0 amide bonds. The second-order valence-corrected chi connectivity index (χ2v) is 35.1. The SMILES string of the molecule is C=c1ccc(=C(c2ccc(N(CC)CC)cc2)c2ccc(N(C)C)cc2C(=O)[O-])cc1.C=c1ccc(=C(c2ccc(N(CC)CC)cc2)c2ccc(NCC)c3ccccc23)cc1.C=c1ccc(=C(c2ccc(N(CC)CC)cc2C)c2ccc(Nc3ccc(OC)cc3)c3ccccc23)cc1.C=c1ccc(=C(c2ccc(N(c3ccccc3)c3ccccc3)cc2)c2ccc(NC)c3ccccc23)cc1.[CH3-].[CH3-].[CH3-]. The van der Waals surface area contributed by atoms with Crippen molar-refractivity contribution < 1.29 is 14.6 Å². The predicted octanol–water partition coefficient (Wildman–Crippen LogP) is 25.2. The zero-order valence-electron chi connectivity index (χ0n) is 86.3. The Morgan fingerprint density at radius 3 is 0.993 bits per heavy atom. The van der Waals surface area contributed by atoms with E-state index < -0.39 is 5.97 Å². The Labute approximate surface area is 854 Å². The van der Waals surface area contributed by atoms with Gasteiger partial charge in [-0.3, -0.25) is 0 Å². The first-order chi connectivity index (χ1) is 68.7. The van der Waals surface area contributed by atoms with Gasteiger partial charge in [-0.2, -0.15) is 0 Å². The number of fused-ring (bicyclic) bond motifs is 3. The standard InChI is InChI=1S/C37H30N2.C36H36N2O.C30H32N2.C27H30N2O2.3CH3/c1-27-17-19-28(20-18-27)37(35-25-26-36(38-2)34-16-10-9-15-33(34)35)29-21-23-32(24-22-29)39(30-11-5-3-6-12-30)31-13-7-4-8-14-31;1-6-38(7-2)29-18-21-31(26(4)24-29)36(27-14-12-25(3)13-15-27)34-22-23-35(33-11-9-8-10-32(33)34)37-28-16-19-30(39-5)20-17-28;1-5-31-29-21-20-28(26-10-8-9-11-27(26)29)30(23-14-12-22(4)13-15-23)24-16-18-25(19-17-24)32(6-2)7-3;1-6-29(7-2)22-14-12-21(13-15-22)26(20-10-8-19(3)9-11-20)24-17-16-23(28(4)5)18-25(24)27(30)31;;;/h3-26,38H,1H2,2H3;8-24,37H,3,6-7H2,1-2,4-5H3;8-21,31H,4-7H2,1-3H3;8-18H,3,6-7H2,1-2,4-5H3,(H,30,31);3*1H3/q;;;;3*-1/p-1. The maximum atomic E-state index is 12.1. The van der Waals surface area contributed by atoms with Crippen LogP contribution in [0.2, 0.25) is 0 Å². The third-order valence-electron chi connectivity index (χ3n) is 26.2. The quantitative estimate of drug-likeness (QED) is 0.0409. The number of carbonyl (C=O) groups excluding carboxylic acids is 1. The number of methoxy groups -OCH3 is 1. The van der Waals surface area contributed by atoms with E-state index in [2.05, 4.69) is 451 Å². The Morgan fingerprint density at radius 1 is 0.306 bits per heavy atom. The van der Waals surface area contributed by atoms with Crippen molar-refractivity contribution in [2.24, 2.45) is 0 Å². The molecule has 3 N–H and O–H groups in total. The van der Waals surface area contributed by atoms with Crippen LogP contribution in [-0.2, 0) is 0 Å². The van der Waals surface area contributed by atoms with E-state index in [1.165, 1.54) is 121 Å². The molecule has 0 heterocycles. The van der Waals surface area contributed by atoms with Crippen molar-refractivity contribution in [1.82, 2.24) is 0 Å². The van der Waals surface area contributed by atoms with Crippen molar-refractivity contribution in [2.45, 2.75) is 55.4 Å². The molecule has 18 aromatic carbocycles. The van der Waals surface area contributed by atoms with Gasteiger partial charge in [0.1, 0.15) is 5.75 Å². The topological polar surface area (TPSA) is 102 Å². The number of carbonyl (C=O) groups is 1. The third kappa shape index (κ3) is 24.7. The van der Waals surface area contributed by atoms with Crippen molar-refractivity contribution in [3.63, 3.8) is 0 Å². The Bertz CT molecular complexity index is 7780. The number of aromatic carboxylic acids is 1. The van der Waals surface area contributed by atoms with Crippen LogP contribution in [0.3, 0.4) is 0 Å². The second-order valence-electron chi connectivity index (χ2n) is 35.1. The lowest BCUT2D eigenvalue weighted by Crippen LogP contribution is -2.25. The number of anilines is 11. The summed E-state index contributed by atoms with van der Waals surface area (Å²) in [6, 6.07) is 140. The van der Waals surface area contributed by atoms with Gasteiger partial charge in [0.05, 0.1) is 13.1 Å². The molecule has 0 aliphatic heterocycles.